The molecule has 32 heavy (non-hydrogen) atoms. The Hall–Kier alpha value is -3.95. The van der Waals surface area contributed by atoms with Gasteiger partial charge in [-0.25, -0.2) is 0 Å². The molecule has 3 nitrogen and oxygen atoms in total. The van der Waals surface area contributed by atoms with Gasteiger partial charge in [0.2, 0.25) is 0 Å². The molecule has 0 fully saturated rings. The summed E-state index contributed by atoms with van der Waals surface area (Å²) < 4.78 is 11.4. The first kappa shape index (κ1) is 20.0. The molecule has 0 aliphatic rings. The Bertz CT molecular complexity index is 1420. The van der Waals surface area contributed by atoms with E-state index in [1.165, 1.54) is 0 Å². The zero-order valence-corrected chi connectivity index (χ0v) is 17.7. The predicted molar refractivity (Wildman–Crippen MR) is 129 cm³/mol. The molecule has 156 valence electrons. The average Bonchev–Trinajstić information content (AvgIpc) is 2.86. The number of ether oxygens (including phenoxy) is 2. The molecule has 0 amide bonds. The fraction of sp³-hybridized carbons (Fsp3) is 0.0690. The second-order valence-corrected chi connectivity index (χ2v) is 7.62. The van der Waals surface area contributed by atoms with E-state index in [9.17, 15) is 4.79 Å². The van der Waals surface area contributed by atoms with Gasteiger partial charge in [0.15, 0.2) is 12.6 Å². The molecule has 0 aromatic heterocycles. The van der Waals surface area contributed by atoms with Crippen LogP contribution >= 0.6 is 0 Å². The van der Waals surface area contributed by atoms with Crippen molar-refractivity contribution >= 4 is 27.3 Å². The zero-order valence-electron chi connectivity index (χ0n) is 17.7. The molecule has 0 saturated carbocycles. The highest BCUT2D eigenvalue weighted by Gasteiger charge is 2.23. The highest BCUT2D eigenvalue weighted by molar-refractivity contribution is 6.17. The molecule has 0 saturated heterocycles. The minimum atomic E-state index is -0.0797. The minimum Gasteiger partial charge on any atom is -0.466 e. The number of ketones is 1. The molecule has 0 atom stereocenters. The fourth-order valence-electron chi connectivity index (χ4n) is 4.22. The van der Waals surface area contributed by atoms with Crippen molar-refractivity contribution in [3.63, 3.8) is 0 Å². The van der Waals surface area contributed by atoms with Gasteiger partial charge in [-0.05, 0) is 33.2 Å². The van der Waals surface area contributed by atoms with E-state index in [0.717, 1.165) is 32.7 Å². The average molecular weight is 418 g/mol. The normalized spacial score (nSPS) is 11.0. The molecular weight excluding hydrogens is 396 g/mol. The number of hydrogen-bond donors (Lipinski definition) is 0. The summed E-state index contributed by atoms with van der Waals surface area (Å²) in [7, 11) is 1.58. The summed E-state index contributed by atoms with van der Waals surface area (Å²) in [6.45, 7) is 0.0468. The Morgan fingerprint density at radius 1 is 0.719 bits per heavy atom. The minimum absolute atomic E-state index is 0.0468. The summed E-state index contributed by atoms with van der Waals surface area (Å²) in [6.07, 6.45) is 0. The number of rotatable bonds is 6. The van der Waals surface area contributed by atoms with E-state index in [4.69, 9.17) is 9.47 Å². The van der Waals surface area contributed by atoms with Crippen LogP contribution in [0.5, 0.6) is 5.75 Å². The quantitative estimate of drug-likeness (QED) is 0.223. The van der Waals surface area contributed by atoms with Crippen LogP contribution in [-0.4, -0.2) is 19.7 Å². The van der Waals surface area contributed by atoms with Crippen molar-refractivity contribution in [2.24, 2.45) is 0 Å². The highest BCUT2D eigenvalue weighted by atomic mass is 16.7. The molecular formula is C29H22O3. The fourth-order valence-corrected chi connectivity index (χ4v) is 4.22. The number of hydrogen-bond acceptors (Lipinski definition) is 3. The van der Waals surface area contributed by atoms with E-state index in [2.05, 4.69) is 30.3 Å². The van der Waals surface area contributed by atoms with Crippen molar-refractivity contribution in [2.75, 3.05) is 13.9 Å². The molecule has 5 aromatic rings. The molecule has 0 spiro atoms. The summed E-state index contributed by atoms with van der Waals surface area (Å²) in [5.41, 5.74) is 3.06. The topological polar surface area (TPSA) is 35.5 Å². The lowest BCUT2D eigenvalue weighted by Gasteiger charge is -2.19. The van der Waals surface area contributed by atoms with Crippen LogP contribution < -0.4 is 4.74 Å². The van der Waals surface area contributed by atoms with Crippen molar-refractivity contribution in [2.45, 2.75) is 0 Å². The lowest BCUT2D eigenvalue weighted by molar-refractivity contribution is 0.0508. The molecule has 3 heteroatoms. The summed E-state index contributed by atoms with van der Waals surface area (Å²) in [5, 5.41) is 4.25. The third-order valence-corrected chi connectivity index (χ3v) is 5.66. The molecule has 5 rings (SSSR count). The monoisotopic (exact) mass is 418 g/mol. The third-order valence-electron chi connectivity index (χ3n) is 5.66. The SMILES string of the molecule is COCOc1c(C(=O)c2ccccc2)cc2ccccc2c1-c1cccc2ccccc12. The number of fused-ring (bicyclic) bond motifs is 2. The van der Waals surface area contributed by atoms with Crippen LogP contribution in [0.3, 0.4) is 0 Å². The van der Waals surface area contributed by atoms with Gasteiger partial charge in [0, 0.05) is 18.2 Å². The van der Waals surface area contributed by atoms with E-state index >= 15 is 0 Å². The van der Waals surface area contributed by atoms with E-state index in [1.54, 1.807) is 7.11 Å². The molecule has 5 aromatic carbocycles. The van der Waals surface area contributed by atoms with Gasteiger partial charge in [-0.3, -0.25) is 4.79 Å². The summed E-state index contributed by atoms with van der Waals surface area (Å²) in [6, 6.07) is 33.8. The lowest BCUT2D eigenvalue weighted by Crippen LogP contribution is -2.09. The number of carbonyl (C=O) groups excluding carboxylic acids is 1. The summed E-state index contributed by atoms with van der Waals surface area (Å²) >= 11 is 0. The van der Waals surface area contributed by atoms with Crippen LogP contribution in [0.1, 0.15) is 15.9 Å². The second-order valence-electron chi connectivity index (χ2n) is 7.62. The molecule has 0 heterocycles. The summed E-state index contributed by atoms with van der Waals surface area (Å²) in [5.74, 6) is 0.458. The van der Waals surface area contributed by atoms with Gasteiger partial charge in [-0.15, -0.1) is 0 Å². The van der Waals surface area contributed by atoms with Gasteiger partial charge in [-0.1, -0.05) is 97.1 Å². The van der Waals surface area contributed by atoms with Gasteiger partial charge in [0.25, 0.3) is 0 Å². The molecule has 0 unspecified atom stereocenters. The van der Waals surface area contributed by atoms with Crippen LogP contribution in [0.4, 0.5) is 0 Å². The first-order valence-electron chi connectivity index (χ1n) is 10.5. The maximum Gasteiger partial charge on any atom is 0.196 e. The third kappa shape index (κ3) is 3.53. The van der Waals surface area contributed by atoms with Crippen LogP contribution in [0.2, 0.25) is 0 Å². The van der Waals surface area contributed by atoms with E-state index in [0.29, 0.717) is 16.9 Å². The molecule has 0 N–H and O–H groups in total. The maximum atomic E-state index is 13.6. The van der Waals surface area contributed by atoms with Crippen molar-refractivity contribution in [1.29, 1.82) is 0 Å². The van der Waals surface area contributed by atoms with Gasteiger partial charge in [0.1, 0.15) is 5.75 Å². The Morgan fingerprint density at radius 2 is 1.38 bits per heavy atom. The van der Waals surface area contributed by atoms with E-state index in [1.807, 2.05) is 72.8 Å². The van der Waals surface area contributed by atoms with Crippen molar-refractivity contribution in [3.8, 4) is 16.9 Å². The van der Waals surface area contributed by atoms with Gasteiger partial charge in [0.05, 0.1) is 5.56 Å². The molecule has 0 aliphatic heterocycles. The molecule has 0 aliphatic carbocycles. The van der Waals surface area contributed by atoms with Crippen LogP contribution in [0, 0.1) is 0 Å². The lowest BCUT2D eigenvalue weighted by atomic mass is 9.89. The summed E-state index contributed by atoms with van der Waals surface area (Å²) in [4.78, 5) is 13.6. The first-order valence-corrected chi connectivity index (χ1v) is 10.5. The number of benzene rings is 5. The van der Waals surface area contributed by atoms with Crippen molar-refractivity contribution in [3.05, 3.63) is 114 Å². The van der Waals surface area contributed by atoms with Crippen molar-refractivity contribution in [1.82, 2.24) is 0 Å². The van der Waals surface area contributed by atoms with Crippen molar-refractivity contribution < 1.29 is 14.3 Å². The van der Waals surface area contributed by atoms with E-state index in [-0.39, 0.29) is 12.6 Å². The zero-order chi connectivity index (χ0) is 21.9. The number of carbonyl (C=O) groups is 1. The Morgan fingerprint density at radius 3 is 2.16 bits per heavy atom. The largest absolute Gasteiger partial charge is 0.466 e. The highest BCUT2D eigenvalue weighted by Crippen LogP contribution is 2.43. The predicted octanol–water partition coefficient (Wildman–Crippen LogP) is 6.87. The standard InChI is InChI=1S/C29H22O3/c1-31-19-32-29-26(28(30)21-11-3-2-4-12-21)18-22-13-6-8-16-24(22)27(29)25-17-9-14-20-10-5-7-15-23(20)25/h2-18H,19H2,1H3. The van der Waals surface area contributed by atoms with Gasteiger partial charge < -0.3 is 9.47 Å². The maximum absolute atomic E-state index is 13.6. The Balaban J connectivity index is 1.87. The van der Waals surface area contributed by atoms with Gasteiger partial charge in [-0.2, -0.15) is 0 Å². The Kier molecular flexibility index (Phi) is 5.40. The van der Waals surface area contributed by atoms with Gasteiger partial charge >= 0.3 is 0 Å². The van der Waals surface area contributed by atoms with Crippen LogP contribution in [0.25, 0.3) is 32.7 Å². The second kappa shape index (κ2) is 8.66. The molecule has 0 radical (unpaired) electrons. The molecule has 0 bridgehead atoms. The van der Waals surface area contributed by atoms with Crippen LogP contribution in [-0.2, 0) is 4.74 Å². The van der Waals surface area contributed by atoms with E-state index < -0.39 is 0 Å². The Labute approximate surface area is 186 Å². The first-order chi connectivity index (χ1) is 15.8. The van der Waals surface area contributed by atoms with Crippen LogP contribution in [0.15, 0.2) is 103 Å². The number of methoxy groups -OCH3 is 1. The smallest absolute Gasteiger partial charge is 0.196 e.